The first-order valence-corrected chi connectivity index (χ1v) is 9.31. The van der Waals surface area contributed by atoms with E-state index in [1.54, 1.807) is 4.90 Å². The average Bonchev–Trinajstić information content (AvgIpc) is 2.86. The Balaban J connectivity index is 1.49. The normalized spacial score (nSPS) is 26.0. The molecule has 3 heterocycles. The predicted molar refractivity (Wildman–Crippen MR) is 92.7 cm³/mol. The second-order valence-electron chi connectivity index (χ2n) is 7.87. The van der Waals surface area contributed by atoms with Crippen LogP contribution in [0.25, 0.3) is 0 Å². The third-order valence-electron chi connectivity index (χ3n) is 6.09. The van der Waals surface area contributed by atoms with Crippen molar-refractivity contribution in [3.8, 4) is 0 Å². The summed E-state index contributed by atoms with van der Waals surface area (Å²) in [5.41, 5.74) is 6.20. The average molecular weight is 346 g/mol. The van der Waals surface area contributed by atoms with Crippen molar-refractivity contribution < 1.29 is 13.9 Å². The van der Waals surface area contributed by atoms with Crippen molar-refractivity contribution in [3.63, 3.8) is 0 Å². The van der Waals surface area contributed by atoms with E-state index >= 15 is 0 Å². The Labute approximate surface area is 147 Å². The maximum Gasteiger partial charge on any atom is 0.349 e. The zero-order valence-electron chi connectivity index (χ0n) is 14.8. The van der Waals surface area contributed by atoms with Gasteiger partial charge in [-0.1, -0.05) is 6.42 Å². The van der Waals surface area contributed by atoms with Crippen molar-refractivity contribution in [2.75, 3.05) is 19.7 Å². The van der Waals surface area contributed by atoms with Gasteiger partial charge in [0.15, 0.2) is 0 Å². The van der Waals surface area contributed by atoms with Gasteiger partial charge in [-0.05, 0) is 50.7 Å². The molecule has 1 amide bonds. The minimum absolute atomic E-state index is 0.0931. The van der Waals surface area contributed by atoms with Crippen LogP contribution in [0.1, 0.15) is 66.1 Å². The molecular formula is C19H26N2O4. The molecule has 25 heavy (non-hydrogen) atoms. The fourth-order valence-corrected chi connectivity index (χ4v) is 4.29. The summed E-state index contributed by atoms with van der Waals surface area (Å²) in [4.78, 5) is 27.1. The first kappa shape index (κ1) is 16.8. The SMILES string of the molecule is Cc1cc(C2CCC2)oc(=O)c1C(=O)N1CCC2(CC1)CC(N)CO2. The van der Waals surface area contributed by atoms with E-state index in [9.17, 15) is 9.59 Å². The number of carbonyl (C=O) groups excluding carboxylic acids is 1. The smallest absolute Gasteiger partial charge is 0.349 e. The molecule has 1 spiro atoms. The molecular weight excluding hydrogens is 320 g/mol. The van der Waals surface area contributed by atoms with Crippen LogP contribution in [0, 0.1) is 6.92 Å². The molecule has 0 bridgehead atoms. The largest absolute Gasteiger partial charge is 0.427 e. The number of hydrogen-bond donors (Lipinski definition) is 1. The Morgan fingerprint density at radius 1 is 1.32 bits per heavy atom. The van der Waals surface area contributed by atoms with Gasteiger partial charge in [-0.15, -0.1) is 0 Å². The highest BCUT2D eigenvalue weighted by Gasteiger charge is 2.42. The number of aryl methyl sites for hydroxylation is 1. The van der Waals surface area contributed by atoms with Crippen LogP contribution in [0.15, 0.2) is 15.3 Å². The summed E-state index contributed by atoms with van der Waals surface area (Å²) in [6.45, 7) is 3.61. The summed E-state index contributed by atoms with van der Waals surface area (Å²) in [5.74, 6) is 0.855. The Bertz CT molecular complexity index is 729. The highest BCUT2D eigenvalue weighted by atomic mass is 16.5. The molecule has 6 heteroatoms. The topological polar surface area (TPSA) is 85.8 Å². The van der Waals surface area contributed by atoms with Crippen LogP contribution >= 0.6 is 0 Å². The molecule has 4 rings (SSSR count). The first-order chi connectivity index (χ1) is 12.0. The van der Waals surface area contributed by atoms with Crippen LogP contribution in [0.2, 0.25) is 0 Å². The van der Waals surface area contributed by atoms with E-state index in [1.807, 2.05) is 13.0 Å². The summed E-state index contributed by atoms with van der Waals surface area (Å²) >= 11 is 0. The molecule has 0 aromatic carbocycles. The molecule has 0 radical (unpaired) electrons. The number of piperidine rings is 1. The Morgan fingerprint density at radius 2 is 2.04 bits per heavy atom. The first-order valence-electron chi connectivity index (χ1n) is 9.31. The molecule has 1 saturated carbocycles. The molecule has 3 fully saturated rings. The van der Waals surface area contributed by atoms with Gasteiger partial charge in [-0.2, -0.15) is 0 Å². The van der Waals surface area contributed by atoms with E-state index in [0.717, 1.165) is 43.4 Å². The second-order valence-corrected chi connectivity index (χ2v) is 7.87. The minimum Gasteiger partial charge on any atom is -0.427 e. The molecule has 1 atom stereocenters. The van der Waals surface area contributed by atoms with Crippen LogP contribution in [-0.2, 0) is 4.74 Å². The predicted octanol–water partition coefficient (Wildman–Crippen LogP) is 1.94. The van der Waals surface area contributed by atoms with Gasteiger partial charge in [-0.25, -0.2) is 4.79 Å². The molecule has 6 nitrogen and oxygen atoms in total. The van der Waals surface area contributed by atoms with Crippen LogP contribution in [0.3, 0.4) is 0 Å². The number of nitrogens with two attached hydrogens (primary N) is 1. The molecule has 136 valence electrons. The number of hydrogen-bond acceptors (Lipinski definition) is 5. The van der Waals surface area contributed by atoms with Gasteiger partial charge in [-0.3, -0.25) is 4.79 Å². The lowest BCUT2D eigenvalue weighted by Crippen LogP contribution is -2.47. The molecule has 2 aliphatic heterocycles. The maximum atomic E-state index is 12.9. The fourth-order valence-electron chi connectivity index (χ4n) is 4.29. The second kappa shape index (κ2) is 6.25. The molecule has 3 aliphatic rings. The highest BCUT2D eigenvalue weighted by molar-refractivity contribution is 5.95. The molecule has 1 aromatic rings. The van der Waals surface area contributed by atoms with E-state index in [1.165, 1.54) is 6.42 Å². The zero-order valence-corrected chi connectivity index (χ0v) is 14.8. The number of amides is 1. The number of rotatable bonds is 2. The van der Waals surface area contributed by atoms with Gasteiger partial charge < -0.3 is 19.8 Å². The molecule has 2 N–H and O–H groups in total. The van der Waals surface area contributed by atoms with Gasteiger partial charge >= 0.3 is 5.63 Å². The molecule has 1 aliphatic carbocycles. The summed E-state index contributed by atoms with van der Waals surface area (Å²) in [5, 5.41) is 0. The van der Waals surface area contributed by atoms with Crippen molar-refractivity contribution in [2.45, 2.75) is 63.0 Å². The van der Waals surface area contributed by atoms with Crippen LogP contribution in [0.5, 0.6) is 0 Å². The quantitative estimate of drug-likeness (QED) is 0.884. The van der Waals surface area contributed by atoms with E-state index in [0.29, 0.717) is 25.6 Å². The van der Waals surface area contributed by atoms with Crippen LogP contribution in [0.4, 0.5) is 0 Å². The van der Waals surface area contributed by atoms with Gasteiger partial charge in [0, 0.05) is 25.0 Å². The number of carbonyl (C=O) groups is 1. The van der Waals surface area contributed by atoms with E-state index in [4.69, 9.17) is 14.9 Å². The lowest BCUT2D eigenvalue weighted by Gasteiger charge is -2.38. The van der Waals surface area contributed by atoms with Crippen LogP contribution < -0.4 is 11.4 Å². The van der Waals surface area contributed by atoms with Crippen molar-refractivity contribution in [2.24, 2.45) is 5.73 Å². The van der Waals surface area contributed by atoms with E-state index in [2.05, 4.69) is 0 Å². The molecule has 2 saturated heterocycles. The number of ether oxygens (including phenoxy) is 1. The van der Waals surface area contributed by atoms with Crippen molar-refractivity contribution in [1.82, 2.24) is 4.90 Å². The van der Waals surface area contributed by atoms with Crippen molar-refractivity contribution >= 4 is 5.91 Å². The summed E-state index contributed by atoms with van der Waals surface area (Å²) in [6, 6.07) is 1.97. The van der Waals surface area contributed by atoms with Gasteiger partial charge in [0.25, 0.3) is 5.91 Å². The standard InChI is InChI=1S/C19H26N2O4/c1-12-9-15(13-3-2-4-13)25-18(23)16(12)17(22)21-7-5-19(6-8-21)10-14(20)11-24-19/h9,13-14H,2-8,10-11,20H2,1H3. The lowest BCUT2D eigenvalue weighted by atomic mass is 9.83. The van der Waals surface area contributed by atoms with Crippen molar-refractivity contribution in [1.29, 1.82) is 0 Å². The third-order valence-corrected chi connectivity index (χ3v) is 6.09. The lowest BCUT2D eigenvalue weighted by molar-refractivity contribution is -0.0389. The Hall–Kier alpha value is -1.66. The number of likely N-dealkylation sites (tertiary alicyclic amines) is 1. The van der Waals surface area contributed by atoms with Gasteiger partial charge in [0.05, 0.1) is 12.2 Å². The molecule has 1 aromatic heterocycles. The van der Waals surface area contributed by atoms with Gasteiger partial charge in [0.2, 0.25) is 0 Å². The van der Waals surface area contributed by atoms with Crippen LogP contribution in [-0.4, -0.2) is 42.1 Å². The highest BCUT2D eigenvalue weighted by Crippen LogP contribution is 2.37. The Morgan fingerprint density at radius 3 is 2.56 bits per heavy atom. The maximum absolute atomic E-state index is 12.9. The van der Waals surface area contributed by atoms with Gasteiger partial charge in [0.1, 0.15) is 11.3 Å². The summed E-state index contributed by atoms with van der Waals surface area (Å²) in [7, 11) is 0. The zero-order chi connectivity index (χ0) is 17.6. The minimum atomic E-state index is -0.494. The van der Waals surface area contributed by atoms with Crippen molar-refractivity contribution in [3.05, 3.63) is 33.4 Å². The fraction of sp³-hybridized carbons (Fsp3) is 0.684. The molecule has 1 unspecified atom stereocenters. The van der Waals surface area contributed by atoms with E-state index < -0.39 is 5.63 Å². The summed E-state index contributed by atoms with van der Waals surface area (Å²) in [6.07, 6.45) is 5.70. The number of nitrogens with zero attached hydrogens (tertiary/aromatic N) is 1. The monoisotopic (exact) mass is 346 g/mol. The third kappa shape index (κ3) is 3.02. The Kier molecular flexibility index (Phi) is 4.20. The summed E-state index contributed by atoms with van der Waals surface area (Å²) < 4.78 is 11.4. The van der Waals surface area contributed by atoms with E-state index in [-0.39, 0.29) is 23.1 Å².